The van der Waals surface area contributed by atoms with E-state index in [2.05, 4.69) is 22.6 Å². The Morgan fingerprint density at radius 1 is 1.23 bits per heavy atom. The summed E-state index contributed by atoms with van der Waals surface area (Å²) in [6.45, 7) is 1.99. The summed E-state index contributed by atoms with van der Waals surface area (Å²) in [4.78, 5) is 36.5. The van der Waals surface area contributed by atoms with Crippen LogP contribution >= 0.6 is 34.4 Å². The maximum Gasteiger partial charge on any atom is 0.294 e. The van der Waals surface area contributed by atoms with Gasteiger partial charge in [-0.2, -0.15) is 0 Å². The summed E-state index contributed by atoms with van der Waals surface area (Å²) < 4.78 is 25.4. The fraction of sp³-hybridized carbons (Fsp3) is 0.190. The molecule has 0 bridgehead atoms. The third-order valence-corrected chi connectivity index (χ3v) is 5.82. The van der Waals surface area contributed by atoms with E-state index in [9.17, 15) is 18.8 Å². The van der Waals surface area contributed by atoms with Crippen LogP contribution in [0.5, 0.6) is 11.5 Å². The number of benzene rings is 2. The number of rotatable bonds is 8. The molecule has 1 saturated heterocycles. The molecule has 1 heterocycles. The van der Waals surface area contributed by atoms with Gasteiger partial charge in [0.15, 0.2) is 11.5 Å². The van der Waals surface area contributed by atoms with Gasteiger partial charge in [-0.15, -0.1) is 0 Å². The summed E-state index contributed by atoms with van der Waals surface area (Å²) in [6.07, 6.45) is 1.56. The molecular formula is C21H18FIN2O5S. The number of primary amides is 1. The van der Waals surface area contributed by atoms with Crippen LogP contribution in [0.4, 0.5) is 9.18 Å². The predicted molar refractivity (Wildman–Crippen MR) is 123 cm³/mol. The van der Waals surface area contributed by atoms with Gasteiger partial charge in [-0.3, -0.25) is 19.3 Å². The Morgan fingerprint density at radius 3 is 2.58 bits per heavy atom. The SMILES string of the molecule is CCOc1cc(/C=C2\SC(=O)N(CC(N)=O)C2=O)cc(I)c1OCc1ccc(F)cc1. The maximum atomic E-state index is 13.1. The lowest BCUT2D eigenvalue weighted by Crippen LogP contribution is -2.36. The van der Waals surface area contributed by atoms with Crippen molar-refractivity contribution in [3.05, 3.63) is 61.8 Å². The summed E-state index contributed by atoms with van der Waals surface area (Å²) in [6, 6.07) is 9.49. The van der Waals surface area contributed by atoms with Crippen molar-refractivity contribution in [3.63, 3.8) is 0 Å². The zero-order valence-corrected chi connectivity index (χ0v) is 19.4. The molecule has 1 aliphatic rings. The minimum atomic E-state index is -0.764. The van der Waals surface area contributed by atoms with Crippen molar-refractivity contribution < 1.29 is 28.2 Å². The van der Waals surface area contributed by atoms with Gasteiger partial charge in [-0.1, -0.05) is 12.1 Å². The van der Waals surface area contributed by atoms with Gasteiger partial charge in [0, 0.05) is 0 Å². The Hall–Kier alpha value is -2.60. The summed E-state index contributed by atoms with van der Waals surface area (Å²) in [5, 5.41) is -0.547. The fourth-order valence-electron chi connectivity index (χ4n) is 2.75. The van der Waals surface area contributed by atoms with Gasteiger partial charge in [0.1, 0.15) is 19.0 Å². The first-order chi connectivity index (χ1) is 14.8. The summed E-state index contributed by atoms with van der Waals surface area (Å²) >= 11 is 2.83. The fourth-order valence-corrected chi connectivity index (χ4v) is 4.37. The number of thioether (sulfide) groups is 1. The molecule has 7 nitrogen and oxygen atoms in total. The van der Waals surface area contributed by atoms with Crippen molar-refractivity contribution in [1.29, 1.82) is 0 Å². The Kier molecular flexibility index (Phi) is 7.55. The van der Waals surface area contributed by atoms with E-state index in [1.165, 1.54) is 12.1 Å². The van der Waals surface area contributed by atoms with E-state index >= 15 is 0 Å². The molecule has 0 spiro atoms. The number of carbonyl (C=O) groups excluding carboxylic acids is 3. The smallest absolute Gasteiger partial charge is 0.294 e. The van der Waals surface area contributed by atoms with E-state index in [0.717, 1.165) is 25.8 Å². The predicted octanol–water partition coefficient (Wildman–Crippen LogP) is 3.93. The van der Waals surface area contributed by atoms with Crippen LogP contribution in [0.1, 0.15) is 18.1 Å². The van der Waals surface area contributed by atoms with Gasteiger partial charge in [-0.05, 0) is 82.7 Å². The van der Waals surface area contributed by atoms with E-state index < -0.39 is 23.6 Å². The molecule has 0 radical (unpaired) electrons. The molecule has 2 aromatic rings. The molecule has 31 heavy (non-hydrogen) atoms. The average molecular weight is 556 g/mol. The normalized spacial score (nSPS) is 14.9. The number of nitrogens with zero attached hydrogens (tertiary/aromatic N) is 1. The number of hydrogen-bond acceptors (Lipinski definition) is 6. The molecule has 1 fully saturated rings. The summed E-state index contributed by atoms with van der Waals surface area (Å²) in [5.41, 5.74) is 6.53. The topological polar surface area (TPSA) is 98.9 Å². The van der Waals surface area contributed by atoms with Crippen LogP contribution in [0.3, 0.4) is 0 Å². The molecule has 3 amide bonds. The first-order valence-corrected chi connectivity index (χ1v) is 11.0. The van der Waals surface area contributed by atoms with Gasteiger partial charge < -0.3 is 15.2 Å². The van der Waals surface area contributed by atoms with Crippen LogP contribution in [0.25, 0.3) is 6.08 Å². The standard InChI is InChI=1S/C21H18FIN2O5S/c1-2-29-16-8-13(9-17-20(27)25(10-18(24)26)21(28)31-17)7-15(23)19(16)30-11-12-3-5-14(22)6-4-12/h3-9H,2,10-11H2,1H3,(H2,24,26)/b17-9-. The highest BCUT2D eigenvalue weighted by molar-refractivity contribution is 14.1. The zero-order chi connectivity index (χ0) is 22.5. The summed E-state index contributed by atoms with van der Waals surface area (Å²) in [5.74, 6) is -0.666. The third kappa shape index (κ3) is 5.76. The highest BCUT2D eigenvalue weighted by Crippen LogP contribution is 2.37. The van der Waals surface area contributed by atoms with Crippen molar-refractivity contribution in [2.45, 2.75) is 13.5 Å². The second kappa shape index (κ2) is 10.1. The maximum absolute atomic E-state index is 13.1. The first kappa shape index (κ1) is 23.1. The van der Waals surface area contributed by atoms with E-state index in [0.29, 0.717) is 23.7 Å². The molecule has 0 saturated carbocycles. The average Bonchev–Trinajstić information content (AvgIpc) is 2.96. The first-order valence-electron chi connectivity index (χ1n) is 9.15. The molecule has 162 valence electrons. The van der Waals surface area contributed by atoms with Crippen LogP contribution < -0.4 is 15.2 Å². The van der Waals surface area contributed by atoms with Crippen LogP contribution in [0.15, 0.2) is 41.3 Å². The van der Waals surface area contributed by atoms with Gasteiger partial charge in [0.2, 0.25) is 5.91 Å². The molecule has 0 atom stereocenters. The summed E-state index contributed by atoms with van der Waals surface area (Å²) in [7, 11) is 0. The second-order valence-electron chi connectivity index (χ2n) is 6.41. The van der Waals surface area contributed by atoms with Crippen molar-refractivity contribution in [3.8, 4) is 11.5 Å². The minimum absolute atomic E-state index is 0.185. The highest BCUT2D eigenvalue weighted by atomic mass is 127. The third-order valence-electron chi connectivity index (χ3n) is 4.11. The number of halogens is 2. The molecule has 2 N–H and O–H groups in total. The van der Waals surface area contributed by atoms with Crippen LogP contribution in [0, 0.1) is 9.39 Å². The van der Waals surface area contributed by atoms with E-state index in [-0.39, 0.29) is 17.3 Å². The Balaban J connectivity index is 1.85. The number of amides is 3. The number of carbonyl (C=O) groups is 3. The van der Waals surface area contributed by atoms with Gasteiger partial charge in [0.25, 0.3) is 11.1 Å². The number of imide groups is 1. The van der Waals surface area contributed by atoms with Crippen molar-refractivity contribution in [2.75, 3.05) is 13.2 Å². The quantitative estimate of drug-likeness (QED) is 0.391. The van der Waals surface area contributed by atoms with E-state index in [4.69, 9.17) is 15.2 Å². The monoisotopic (exact) mass is 556 g/mol. The Labute approximate surface area is 195 Å². The van der Waals surface area contributed by atoms with Gasteiger partial charge >= 0.3 is 0 Å². The molecule has 2 aromatic carbocycles. The lowest BCUT2D eigenvalue weighted by molar-refractivity contribution is -0.127. The van der Waals surface area contributed by atoms with Gasteiger partial charge in [0.05, 0.1) is 15.1 Å². The highest BCUT2D eigenvalue weighted by Gasteiger charge is 2.35. The molecule has 10 heteroatoms. The Bertz CT molecular complexity index is 1060. The minimum Gasteiger partial charge on any atom is -0.490 e. The van der Waals surface area contributed by atoms with E-state index in [1.807, 2.05) is 6.92 Å². The molecule has 1 aliphatic heterocycles. The molecule has 3 rings (SSSR count). The largest absolute Gasteiger partial charge is 0.490 e. The number of hydrogen-bond donors (Lipinski definition) is 1. The van der Waals surface area contributed by atoms with Crippen molar-refractivity contribution >= 4 is 57.5 Å². The lowest BCUT2D eigenvalue weighted by atomic mass is 10.1. The Morgan fingerprint density at radius 2 is 1.94 bits per heavy atom. The van der Waals surface area contributed by atoms with Crippen molar-refractivity contribution in [1.82, 2.24) is 4.90 Å². The second-order valence-corrected chi connectivity index (χ2v) is 8.57. The number of ether oxygens (including phenoxy) is 2. The molecular weight excluding hydrogens is 538 g/mol. The van der Waals surface area contributed by atoms with Gasteiger partial charge in [-0.25, -0.2) is 4.39 Å². The number of nitrogens with two attached hydrogens (primary N) is 1. The zero-order valence-electron chi connectivity index (χ0n) is 16.4. The van der Waals surface area contributed by atoms with Crippen LogP contribution in [-0.2, 0) is 16.2 Å². The molecule has 0 aliphatic carbocycles. The van der Waals surface area contributed by atoms with Crippen LogP contribution in [0.2, 0.25) is 0 Å². The molecule has 0 unspecified atom stereocenters. The lowest BCUT2D eigenvalue weighted by Gasteiger charge is -2.15. The van der Waals surface area contributed by atoms with Crippen LogP contribution in [-0.4, -0.2) is 35.1 Å². The molecule has 0 aromatic heterocycles. The van der Waals surface area contributed by atoms with Crippen molar-refractivity contribution in [2.24, 2.45) is 5.73 Å². The van der Waals surface area contributed by atoms with E-state index in [1.54, 1.807) is 30.3 Å².